The predicted octanol–water partition coefficient (Wildman–Crippen LogP) is 3.30. The van der Waals surface area contributed by atoms with Crippen molar-refractivity contribution < 1.29 is 9.90 Å². The molecule has 0 amide bonds. The topological polar surface area (TPSA) is 61.7 Å². The lowest BCUT2D eigenvalue weighted by Crippen LogP contribution is -2.24. The van der Waals surface area contributed by atoms with Gasteiger partial charge in [0.25, 0.3) is 0 Å². The molecule has 1 aromatic carbocycles. The normalized spacial score (nSPS) is 13.2. The Labute approximate surface area is 120 Å². The fourth-order valence-electron chi connectivity index (χ4n) is 1.70. The van der Waals surface area contributed by atoms with Gasteiger partial charge in [-0.2, -0.15) is 0 Å². The number of hydrogen-bond donors (Lipinski definition) is 2. The SMILES string of the molecule is CNC(=CC(=Nc1ccc(C)cc1)C(=O)O)C(C)(C)C. The summed E-state index contributed by atoms with van der Waals surface area (Å²) < 4.78 is 0. The molecule has 0 saturated heterocycles. The van der Waals surface area contributed by atoms with E-state index in [0.29, 0.717) is 5.69 Å². The van der Waals surface area contributed by atoms with Gasteiger partial charge in [0, 0.05) is 18.2 Å². The zero-order valence-electron chi connectivity index (χ0n) is 12.7. The van der Waals surface area contributed by atoms with Crippen LogP contribution in [0.5, 0.6) is 0 Å². The van der Waals surface area contributed by atoms with Crippen molar-refractivity contribution in [3.63, 3.8) is 0 Å². The number of aryl methyl sites for hydroxylation is 1. The summed E-state index contributed by atoms with van der Waals surface area (Å²) in [5, 5.41) is 12.3. The van der Waals surface area contributed by atoms with E-state index in [1.807, 2.05) is 52.0 Å². The molecule has 20 heavy (non-hydrogen) atoms. The Morgan fingerprint density at radius 2 is 1.80 bits per heavy atom. The standard InChI is InChI=1S/C16H22N2O2/c1-11-6-8-12(9-7-11)18-13(15(19)20)10-14(17-5)16(2,3)4/h6-10,17H,1-5H3,(H,19,20). The molecule has 0 aliphatic rings. The second kappa shape index (κ2) is 6.37. The van der Waals surface area contributed by atoms with Gasteiger partial charge in [-0.15, -0.1) is 0 Å². The van der Waals surface area contributed by atoms with Crippen LogP contribution in [-0.4, -0.2) is 23.8 Å². The first kappa shape index (κ1) is 16.0. The van der Waals surface area contributed by atoms with E-state index in [1.54, 1.807) is 13.1 Å². The van der Waals surface area contributed by atoms with Gasteiger partial charge >= 0.3 is 5.97 Å². The Bertz CT molecular complexity index is 535. The van der Waals surface area contributed by atoms with Gasteiger partial charge in [0.15, 0.2) is 5.71 Å². The smallest absolute Gasteiger partial charge is 0.354 e. The Balaban J connectivity index is 3.21. The fourth-order valence-corrected chi connectivity index (χ4v) is 1.70. The van der Waals surface area contributed by atoms with Crippen molar-refractivity contribution in [3.8, 4) is 0 Å². The second-order valence-corrected chi connectivity index (χ2v) is 5.70. The summed E-state index contributed by atoms with van der Waals surface area (Å²) in [4.78, 5) is 15.5. The lowest BCUT2D eigenvalue weighted by molar-refractivity contribution is -0.129. The largest absolute Gasteiger partial charge is 0.477 e. The van der Waals surface area contributed by atoms with Crippen LogP contribution in [0.4, 0.5) is 5.69 Å². The van der Waals surface area contributed by atoms with E-state index in [0.717, 1.165) is 11.3 Å². The number of hydrogen-bond acceptors (Lipinski definition) is 3. The molecule has 0 bridgehead atoms. The van der Waals surface area contributed by atoms with E-state index >= 15 is 0 Å². The number of carbonyl (C=O) groups is 1. The van der Waals surface area contributed by atoms with E-state index in [-0.39, 0.29) is 11.1 Å². The van der Waals surface area contributed by atoms with Crippen LogP contribution in [0.2, 0.25) is 0 Å². The van der Waals surface area contributed by atoms with Crippen molar-refractivity contribution in [1.29, 1.82) is 0 Å². The van der Waals surface area contributed by atoms with Crippen LogP contribution < -0.4 is 5.32 Å². The monoisotopic (exact) mass is 274 g/mol. The number of carboxylic acid groups (broad SMARTS) is 1. The van der Waals surface area contributed by atoms with Gasteiger partial charge in [0.2, 0.25) is 0 Å². The Morgan fingerprint density at radius 1 is 1.25 bits per heavy atom. The zero-order chi connectivity index (χ0) is 15.3. The summed E-state index contributed by atoms with van der Waals surface area (Å²) in [7, 11) is 1.78. The molecule has 0 radical (unpaired) electrons. The maximum atomic E-state index is 11.3. The van der Waals surface area contributed by atoms with Crippen LogP contribution in [0.1, 0.15) is 26.3 Å². The maximum Gasteiger partial charge on any atom is 0.354 e. The van der Waals surface area contributed by atoms with E-state index in [9.17, 15) is 9.90 Å². The molecule has 0 saturated carbocycles. The molecule has 0 unspecified atom stereocenters. The van der Waals surface area contributed by atoms with Crippen LogP contribution in [0.15, 0.2) is 41.0 Å². The molecule has 4 nitrogen and oxygen atoms in total. The third kappa shape index (κ3) is 4.53. The third-order valence-electron chi connectivity index (χ3n) is 2.86. The van der Waals surface area contributed by atoms with Gasteiger partial charge in [0.05, 0.1) is 5.69 Å². The molecule has 2 N–H and O–H groups in total. The minimum atomic E-state index is -1.04. The van der Waals surface area contributed by atoms with Gasteiger partial charge in [-0.1, -0.05) is 38.5 Å². The Hall–Kier alpha value is -2.10. The molecule has 0 spiro atoms. The molecule has 0 aromatic heterocycles. The highest BCUT2D eigenvalue weighted by atomic mass is 16.4. The number of benzene rings is 1. The van der Waals surface area contributed by atoms with Crippen molar-refractivity contribution in [3.05, 3.63) is 41.6 Å². The summed E-state index contributed by atoms with van der Waals surface area (Å²) in [6.45, 7) is 8.02. The summed E-state index contributed by atoms with van der Waals surface area (Å²) in [5.41, 5.74) is 2.42. The molecule has 0 fully saturated rings. The number of nitrogens with zero attached hydrogens (tertiary/aromatic N) is 1. The lowest BCUT2D eigenvalue weighted by atomic mass is 9.91. The molecule has 0 aliphatic carbocycles. The second-order valence-electron chi connectivity index (χ2n) is 5.70. The number of aliphatic carboxylic acids is 1. The summed E-state index contributed by atoms with van der Waals surface area (Å²) in [5.74, 6) is -1.04. The van der Waals surface area contributed by atoms with Crippen molar-refractivity contribution in [2.75, 3.05) is 7.05 Å². The van der Waals surface area contributed by atoms with Crippen LogP contribution in [-0.2, 0) is 4.79 Å². The van der Waals surface area contributed by atoms with Gasteiger partial charge in [-0.25, -0.2) is 9.79 Å². The number of carboxylic acids is 1. The van der Waals surface area contributed by atoms with Gasteiger partial charge in [-0.3, -0.25) is 0 Å². The lowest BCUT2D eigenvalue weighted by Gasteiger charge is -2.22. The molecule has 0 heterocycles. The van der Waals surface area contributed by atoms with Crippen molar-refractivity contribution in [1.82, 2.24) is 5.32 Å². The van der Waals surface area contributed by atoms with Crippen molar-refractivity contribution >= 4 is 17.4 Å². The summed E-state index contributed by atoms with van der Waals surface area (Å²) >= 11 is 0. The number of aliphatic imine (C=N–C) groups is 1. The molecule has 1 aromatic rings. The predicted molar refractivity (Wildman–Crippen MR) is 82.5 cm³/mol. The van der Waals surface area contributed by atoms with Crippen molar-refractivity contribution in [2.45, 2.75) is 27.7 Å². The maximum absolute atomic E-state index is 11.3. The van der Waals surface area contributed by atoms with Gasteiger partial charge in [-0.05, 0) is 25.1 Å². The minimum Gasteiger partial charge on any atom is -0.477 e. The summed E-state index contributed by atoms with van der Waals surface area (Å²) in [6.07, 6.45) is 1.59. The molecule has 4 heteroatoms. The molecule has 108 valence electrons. The highest BCUT2D eigenvalue weighted by molar-refractivity contribution is 6.41. The third-order valence-corrected chi connectivity index (χ3v) is 2.86. The zero-order valence-corrected chi connectivity index (χ0v) is 12.7. The first-order valence-corrected chi connectivity index (χ1v) is 6.52. The fraction of sp³-hybridized carbons (Fsp3) is 0.375. The molecular formula is C16H22N2O2. The average molecular weight is 274 g/mol. The number of nitrogens with one attached hydrogen (secondary N) is 1. The highest BCUT2D eigenvalue weighted by Crippen LogP contribution is 2.23. The minimum absolute atomic E-state index is 0.0214. The van der Waals surface area contributed by atoms with Gasteiger partial charge < -0.3 is 10.4 Å². The molecule has 1 rings (SSSR count). The van der Waals surface area contributed by atoms with E-state index in [4.69, 9.17) is 0 Å². The van der Waals surface area contributed by atoms with E-state index in [2.05, 4.69) is 10.3 Å². The molecular weight excluding hydrogens is 252 g/mol. The van der Waals surface area contributed by atoms with Gasteiger partial charge in [0.1, 0.15) is 0 Å². The van der Waals surface area contributed by atoms with Crippen LogP contribution >= 0.6 is 0 Å². The molecule has 0 aliphatic heterocycles. The Kier molecular flexibility index (Phi) is 5.08. The van der Waals surface area contributed by atoms with Crippen LogP contribution in [0.3, 0.4) is 0 Å². The number of allylic oxidation sites excluding steroid dienone is 1. The van der Waals surface area contributed by atoms with Crippen LogP contribution in [0.25, 0.3) is 0 Å². The first-order chi connectivity index (χ1) is 9.24. The average Bonchev–Trinajstić information content (AvgIpc) is 2.34. The highest BCUT2D eigenvalue weighted by Gasteiger charge is 2.18. The number of rotatable bonds is 4. The Morgan fingerprint density at radius 3 is 2.20 bits per heavy atom. The first-order valence-electron chi connectivity index (χ1n) is 6.52. The van der Waals surface area contributed by atoms with Crippen LogP contribution in [0, 0.1) is 12.3 Å². The summed E-state index contributed by atoms with van der Waals surface area (Å²) in [6, 6.07) is 7.43. The van der Waals surface area contributed by atoms with E-state index < -0.39 is 5.97 Å². The molecule has 0 atom stereocenters. The van der Waals surface area contributed by atoms with Crippen molar-refractivity contribution in [2.24, 2.45) is 10.4 Å². The quantitative estimate of drug-likeness (QED) is 0.828. The van der Waals surface area contributed by atoms with E-state index in [1.165, 1.54) is 0 Å².